The second-order valence-electron chi connectivity index (χ2n) is 6.90. The highest BCUT2D eigenvalue weighted by atomic mass is 32.1. The minimum absolute atomic E-state index is 0.00206. The monoisotopic (exact) mass is 399 g/mol. The number of ether oxygens (including phenoxy) is 1. The van der Waals surface area contributed by atoms with Crippen LogP contribution in [0.15, 0.2) is 42.5 Å². The van der Waals surface area contributed by atoms with Crippen molar-refractivity contribution in [2.24, 2.45) is 5.92 Å². The number of anilines is 1. The number of nitrogens with one attached hydrogen (secondary N) is 1. The summed E-state index contributed by atoms with van der Waals surface area (Å²) < 4.78 is 19.6. The van der Waals surface area contributed by atoms with E-state index >= 15 is 0 Å². The zero-order valence-electron chi connectivity index (χ0n) is 15.7. The van der Waals surface area contributed by atoms with Crippen molar-refractivity contribution in [1.29, 1.82) is 0 Å². The van der Waals surface area contributed by atoms with Crippen LogP contribution in [0.4, 0.5) is 9.52 Å². The minimum Gasteiger partial charge on any atom is -0.496 e. The molecule has 0 aliphatic carbocycles. The van der Waals surface area contributed by atoms with Crippen LogP contribution in [0.25, 0.3) is 10.2 Å². The molecule has 1 amide bonds. The van der Waals surface area contributed by atoms with Gasteiger partial charge < -0.3 is 15.0 Å². The molecule has 1 N–H and O–H groups in total. The zero-order chi connectivity index (χ0) is 19.5. The molecule has 2 heterocycles. The standard InChI is InChI=1S/C21H22FN3O2S/c1-27-18-5-3-2-4-15(18)13-23-20(26)14-8-10-25(11-9-14)21-24-17-7-6-16(22)12-19(17)28-21/h2-7,12,14H,8-11,13H2,1H3,(H,23,26). The fraction of sp³-hybridized carbons (Fsp3) is 0.333. The number of amides is 1. The first-order valence-corrected chi connectivity index (χ1v) is 10.2. The zero-order valence-corrected chi connectivity index (χ0v) is 16.5. The van der Waals surface area contributed by atoms with E-state index in [2.05, 4.69) is 15.2 Å². The van der Waals surface area contributed by atoms with Crippen molar-refractivity contribution in [2.45, 2.75) is 19.4 Å². The lowest BCUT2D eigenvalue weighted by Gasteiger charge is -2.31. The van der Waals surface area contributed by atoms with Crippen molar-refractivity contribution in [3.8, 4) is 5.75 Å². The number of benzene rings is 2. The number of fused-ring (bicyclic) bond motifs is 1. The Kier molecular flexibility index (Phi) is 5.43. The summed E-state index contributed by atoms with van der Waals surface area (Å²) in [6, 6.07) is 12.4. The molecular weight excluding hydrogens is 377 g/mol. The van der Waals surface area contributed by atoms with Crippen LogP contribution in [0.2, 0.25) is 0 Å². The third-order valence-corrected chi connectivity index (χ3v) is 6.20. The molecular formula is C21H22FN3O2S. The van der Waals surface area contributed by atoms with Gasteiger partial charge in [-0.05, 0) is 37.1 Å². The molecule has 4 rings (SSSR count). The molecule has 1 aromatic heterocycles. The summed E-state index contributed by atoms with van der Waals surface area (Å²) in [5, 5.41) is 3.93. The van der Waals surface area contributed by atoms with Crippen molar-refractivity contribution in [1.82, 2.24) is 10.3 Å². The SMILES string of the molecule is COc1ccccc1CNC(=O)C1CCN(c2nc3ccc(F)cc3s2)CC1. The summed E-state index contributed by atoms with van der Waals surface area (Å²) in [6.45, 7) is 2.01. The molecule has 0 unspecified atom stereocenters. The second kappa shape index (κ2) is 8.14. The van der Waals surface area contributed by atoms with Crippen LogP contribution < -0.4 is 15.0 Å². The quantitative estimate of drug-likeness (QED) is 0.705. The van der Waals surface area contributed by atoms with Crippen LogP contribution in [0.3, 0.4) is 0 Å². The lowest BCUT2D eigenvalue weighted by Crippen LogP contribution is -2.40. The normalized spacial score (nSPS) is 15.0. The summed E-state index contributed by atoms with van der Waals surface area (Å²) in [5.74, 6) is 0.618. The lowest BCUT2D eigenvalue weighted by atomic mass is 9.96. The first-order valence-electron chi connectivity index (χ1n) is 9.34. The maximum Gasteiger partial charge on any atom is 0.223 e. The topological polar surface area (TPSA) is 54.5 Å². The molecule has 1 saturated heterocycles. The average Bonchev–Trinajstić information content (AvgIpc) is 3.15. The number of aromatic nitrogens is 1. The number of hydrogen-bond acceptors (Lipinski definition) is 5. The Morgan fingerprint density at radius 2 is 2.07 bits per heavy atom. The molecule has 28 heavy (non-hydrogen) atoms. The first kappa shape index (κ1) is 18.7. The third-order valence-electron chi connectivity index (χ3n) is 5.12. The van der Waals surface area contributed by atoms with Crippen LogP contribution in [-0.4, -0.2) is 31.1 Å². The lowest BCUT2D eigenvalue weighted by molar-refractivity contribution is -0.125. The first-order chi connectivity index (χ1) is 13.6. The number of halogens is 1. The maximum absolute atomic E-state index is 13.4. The van der Waals surface area contributed by atoms with Gasteiger partial charge >= 0.3 is 0 Å². The van der Waals surface area contributed by atoms with Gasteiger partial charge in [0.05, 0.1) is 17.3 Å². The van der Waals surface area contributed by atoms with Crippen LogP contribution in [-0.2, 0) is 11.3 Å². The number of methoxy groups -OCH3 is 1. The van der Waals surface area contributed by atoms with E-state index in [1.807, 2.05) is 24.3 Å². The Labute approximate surface area is 167 Å². The average molecular weight is 399 g/mol. The molecule has 1 aliphatic heterocycles. The Morgan fingerprint density at radius 1 is 1.29 bits per heavy atom. The van der Waals surface area contributed by atoms with Gasteiger partial charge in [0, 0.05) is 31.1 Å². The molecule has 0 bridgehead atoms. The third kappa shape index (κ3) is 3.94. The van der Waals surface area contributed by atoms with Crippen molar-refractivity contribution >= 4 is 32.6 Å². The van der Waals surface area contributed by atoms with E-state index in [4.69, 9.17) is 4.74 Å². The number of carbonyl (C=O) groups is 1. The van der Waals surface area contributed by atoms with Gasteiger partial charge in [-0.3, -0.25) is 4.79 Å². The van der Waals surface area contributed by atoms with Crippen LogP contribution in [0, 0.1) is 11.7 Å². The van der Waals surface area contributed by atoms with Gasteiger partial charge in [-0.1, -0.05) is 29.5 Å². The highest BCUT2D eigenvalue weighted by molar-refractivity contribution is 7.22. The predicted molar refractivity (Wildman–Crippen MR) is 109 cm³/mol. The molecule has 0 saturated carbocycles. The molecule has 1 fully saturated rings. The molecule has 0 atom stereocenters. The van der Waals surface area contributed by atoms with E-state index < -0.39 is 0 Å². The van der Waals surface area contributed by atoms with Gasteiger partial charge in [0.2, 0.25) is 5.91 Å². The number of carbonyl (C=O) groups excluding carboxylic acids is 1. The van der Waals surface area contributed by atoms with E-state index in [0.29, 0.717) is 6.54 Å². The largest absolute Gasteiger partial charge is 0.496 e. The molecule has 0 spiro atoms. The molecule has 5 nitrogen and oxygen atoms in total. The van der Waals surface area contributed by atoms with E-state index in [1.165, 1.54) is 23.5 Å². The van der Waals surface area contributed by atoms with Crippen molar-refractivity contribution in [3.63, 3.8) is 0 Å². The van der Waals surface area contributed by atoms with Gasteiger partial charge in [-0.25, -0.2) is 9.37 Å². The molecule has 1 aliphatic rings. The molecule has 146 valence electrons. The number of nitrogens with zero attached hydrogens (tertiary/aromatic N) is 2. The number of thiazole rings is 1. The van der Waals surface area contributed by atoms with Crippen LogP contribution in [0.5, 0.6) is 5.75 Å². The second-order valence-corrected chi connectivity index (χ2v) is 7.91. The number of piperidine rings is 1. The van der Waals surface area contributed by atoms with Gasteiger partial charge in [0.25, 0.3) is 0 Å². The molecule has 0 radical (unpaired) electrons. The summed E-state index contributed by atoms with van der Waals surface area (Å²) in [5.41, 5.74) is 1.79. The van der Waals surface area contributed by atoms with Gasteiger partial charge in [0.1, 0.15) is 11.6 Å². The highest BCUT2D eigenvalue weighted by Gasteiger charge is 2.26. The Morgan fingerprint density at radius 3 is 2.86 bits per heavy atom. The van der Waals surface area contributed by atoms with Gasteiger partial charge in [-0.2, -0.15) is 0 Å². The summed E-state index contributed by atoms with van der Waals surface area (Å²) in [4.78, 5) is 19.4. The Bertz CT molecular complexity index is 983. The Balaban J connectivity index is 1.33. The number of rotatable bonds is 5. The predicted octanol–water partition coefficient (Wildman–Crippen LogP) is 3.98. The molecule has 3 aromatic rings. The molecule has 7 heteroatoms. The van der Waals surface area contributed by atoms with E-state index in [-0.39, 0.29) is 17.6 Å². The van der Waals surface area contributed by atoms with Crippen molar-refractivity contribution < 1.29 is 13.9 Å². The van der Waals surface area contributed by atoms with E-state index in [9.17, 15) is 9.18 Å². The summed E-state index contributed by atoms with van der Waals surface area (Å²) >= 11 is 1.50. The van der Waals surface area contributed by atoms with Gasteiger partial charge in [-0.15, -0.1) is 0 Å². The van der Waals surface area contributed by atoms with Crippen molar-refractivity contribution in [2.75, 3.05) is 25.1 Å². The fourth-order valence-electron chi connectivity index (χ4n) is 3.53. The highest BCUT2D eigenvalue weighted by Crippen LogP contribution is 2.32. The Hall–Kier alpha value is -2.67. The smallest absolute Gasteiger partial charge is 0.223 e. The fourth-order valence-corrected chi connectivity index (χ4v) is 4.57. The maximum atomic E-state index is 13.4. The minimum atomic E-state index is -0.242. The number of para-hydroxylation sites is 1. The summed E-state index contributed by atoms with van der Waals surface area (Å²) in [7, 11) is 1.63. The number of hydrogen-bond donors (Lipinski definition) is 1. The van der Waals surface area contributed by atoms with E-state index in [1.54, 1.807) is 13.2 Å². The van der Waals surface area contributed by atoms with Crippen LogP contribution in [0.1, 0.15) is 18.4 Å². The van der Waals surface area contributed by atoms with Gasteiger partial charge in [0.15, 0.2) is 5.13 Å². The summed E-state index contributed by atoms with van der Waals surface area (Å²) in [6.07, 6.45) is 1.56. The van der Waals surface area contributed by atoms with Crippen LogP contribution >= 0.6 is 11.3 Å². The molecule has 2 aromatic carbocycles. The van der Waals surface area contributed by atoms with Crippen molar-refractivity contribution in [3.05, 3.63) is 53.8 Å². The van der Waals surface area contributed by atoms with E-state index in [0.717, 1.165) is 52.6 Å².